The van der Waals surface area contributed by atoms with Crippen molar-refractivity contribution in [2.24, 2.45) is 0 Å². The van der Waals surface area contributed by atoms with Gasteiger partial charge in [0.05, 0.1) is 12.9 Å². The SMILES string of the molecule is COc1ccc(NC(=O)CSc2nccn2-c2cccc(C(=O)Nc3ccccc3)c2)cc1. The molecule has 0 radical (unpaired) electrons. The summed E-state index contributed by atoms with van der Waals surface area (Å²) in [5, 5.41) is 6.40. The first kappa shape index (κ1) is 22.2. The average Bonchev–Trinajstić information content (AvgIpc) is 3.33. The fourth-order valence-corrected chi connectivity index (χ4v) is 3.89. The second-order valence-corrected chi connectivity index (χ2v) is 7.96. The van der Waals surface area contributed by atoms with Crippen molar-refractivity contribution in [2.75, 3.05) is 23.5 Å². The van der Waals surface area contributed by atoms with Gasteiger partial charge in [0.2, 0.25) is 5.91 Å². The number of rotatable bonds is 8. The predicted octanol–water partition coefficient (Wildman–Crippen LogP) is 4.86. The van der Waals surface area contributed by atoms with E-state index in [0.29, 0.717) is 16.4 Å². The first-order valence-corrected chi connectivity index (χ1v) is 11.2. The van der Waals surface area contributed by atoms with Crippen LogP contribution in [0.5, 0.6) is 5.75 Å². The molecule has 1 aromatic heterocycles. The number of benzene rings is 3. The van der Waals surface area contributed by atoms with Crippen molar-refractivity contribution < 1.29 is 14.3 Å². The van der Waals surface area contributed by atoms with Gasteiger partial charge in [-0.1, -0.05) is 36.0 Å². The molecule has 1 heterocycles. The normalized spacial score (nSPS) is 10.5. The molecule has 8 heteroatoms. The molecule has 2 amide bonds. The van der Waals surface area contributed by atoms with Gasteiger partial charge in [-0.2, -0.15) is 0 Å². The minimum absolute atomic E-state index is 0.143. The van der Waals surface area contributed by atoms with Crippen LogP contribution in [0.4, 0.5) is 11.4 Å². The fraction of sp³-hybridized carbons (Fsp3) is 0.0800. The number of amides is 2. The molecule has 7 nitrogen and oxygen atoms in total. The van der Waals surface area contributed by atoms with E-state index in [2.05, 4.69) is 15.6 Å². The van der Waals surface area contributed by atoms with Gasteiger partial charge < -0.3 is 15.4 Å². The maximum absolute atomic E-state index is 12.6. The van der Waals surface area contributed by atoms with E-state index in [4.69, 9.17) is 4.74 Å². The Morgan fingerprint density at radius 2 is 1.70 bits per heavy atom. The van der Waals surface area contributed by atoms with Crippen LogP contribution in [0.3, 0.4) is 0 Å². The van der Waals surface area contributed by atoms with Crippen molar-refractivity contribution in [3.63, 3.8) is 0 Å². The molecule has 0 fully saturated rings. The Morgan fingerprint density at radius 1 is 0.939 bits per heavy atom. The molecule has 166 valence electrons. The van der Waals surface area contributed by atoms with Gasteiger partial charge in [-0.05, 0) is 54.6 Å². The zero-order chi connectivity index (χ0) is 23.0. The molecule has 4 aromatic rings. The van der Waals surface area contributed by atoms with E-state index in [0.717, 1.165) is 17.1 Å². The van der Waals surface area contributed by atoms with Gasteiger partial charge in [-0.3, -0.25) is 14.2 Å². The minimum Gasteiger partial charge on any atom is -0.497 e. The average molecular weight is 459 g/mol. The number of aromatic nitrogens is 2. The van der Waals surface area contributed by atoms with Crippen molar-refractivity contribution in [1.29, 1.82) is 0 Å². The number of carbonyl (C=O) groups is 2. The zero-order valence-corrected chi connectivity index (χ0v) is 18.7. The Bertz CT molecular complexity index is 1240. The maximum atomic E-state index is 12.6. The first-order valence-electron chi connectivity index (χ1n) is 10.2. The van der Waals surface area contributed by atoms with Gasteiger partial charge in [-0.15, -0.1) is 0 Å². The van der Waals surface area contributed by atoms with Gasteiger partial charge in [0.25, 0.3) is 5.91 Å². The molecule has 0 saturated carbocycles. The van der Waals surface area contributed by atoms with Crippen molar-refractivity contribution in [2.45, 2.75) is 5.16 Å². The number of ether oxygens (including phenoxy) is 1. The number of thioether (sulfide) groups is 1. The molecule has 0 aliphatic rings. The number of hydrogen-bond donors (Lipinski definition) is 2. The van der Waals surface area contributed by atoms with Crippen LogP contribution in [0.2, 0.25) is 0 Å². The Kier molecular flexibility index (Phi) is 7.06. The quantitative estimate of drug-likeness (QED) is 0.368. The summed E-state index contributed by atoms with van der Waals surface area (Å²) < 4.78 is 6.98. The fourth-order valence-electron chi connectivity index (χ4n) is 3.12. The van der Waals surface area contributed by atoms with Gasteiger partial charge in [0.15, 0.2) is 5.16 Å². The number of hydrogen-bond acceptors (Lipinski definition) is 5. The Hall–Kier alpha value is -4.04. The molecule has 0 bridgehead atoms. The Balaban J connectivity index is 1.41. The first-order chi connectivity index (χ1) is 16.1. The smallest absolute Gasteiger partial charge is 0.255 e. The lowest BCUT2D eigenvalue weighted by Gasteiger charge is -2.10. The number of anilines is 2. The molecule has 33 heavy (non-hydrogen) atoms. The summed E-state index contributed by atoms with van der Waals surface area (Å²) in [5.74, 6) is 0.577. The van der Waals surface area contributed by atoms with E-state index in [1.807, 2.05) is 47.0 Å². The van der Waals surface area contributed by atoms with Crippen LogP contribution in [-0.2, 0) is 4.79 Å². The summed E-state index contributed by atoms with van der Waals surface area (Å²) in [6.07, 6.45) is 3.47. The van der Waals surface area contributed by atoms with E-state index in [1.54, 1.807) is 55.9 Å². The van der Waals surface area contributed by atoms with Gasteiger partial charge >= 0.3 is 0 Å². The Morgan fingerprint density at radius 3 is 2.45 bits per heavy atom. The van der Waals surface area contributed by atoms with Gasteiger partial charge in [0.1, 0.15) is 5.75 Å². The Labute approximate surface area is 195 Å². The third-order valence-corrected chi connectivity index (χ3v) is 5.70. The van der Waals surface area contributed by atoms with E-state index in [9.17, 15) is 9.59 Å². The summed E-state index contributed by atoms with van der Waals surface area (Å²) in [6, 6.07) is 23.7. The summed E-state index contributed by atoms with van der Waals surface area (Å²) in [5.41, 5.74) is 2.74. The topological polar surface area (TPSA) is 85.2 Å². The van der Waals surface area contributed by atoms with E-state index < -0.39 is 0 Å². The molecule has 0 spiro atoms. The molecule has 0 unspecified atom stereocenters. The number of para-hydroxylation sites is 1. The molecule has 0 aliphatic heterocycles. The molecular weight excluding hydrogens is 436 g/mol. The molecular formula is C25H22N4O3S. The van der Waals surface area contributed by atoms with Crippen LogP contribution in [0.1, 0.15) is 10.4 Å². The molecule has 2 N–H and O–H groups in total. The number of imidazole rings is 1. The van der Waals surface area contributed by atoms with Crippen molar-refractivity contribution >= 4 is 35.0 Å². The second-order valence-electron chi connectivity index (χ2n) is 7.02. The zero-order valence-electron chi connectivity index (χ0n) is 17.9. The number of carbonyl (C=O) groups excluding carboxylic acids is 2. The predicted molar refractivity (Wildman–Crippen MR) is 130 cm³/mol. The molecule has 4 rings (SSSR count). The summed E-state index contributed by atoms with van der Waals surface area (Å²) in [4.78, 5) is 29.4. The largest absolute Gasteiger partial charge is 0.497 e. The second kappa shape index (κ2) is 10.5. The van der Waals surface area contributed by atoms with Crippen molar-refractivity contribution in [3.05, 3.63) is 96.8 Å². The lowest BCUT2D eigenvalue weighted by atomic mass is 10.2. The highest BCUT2D eigenvalue weighted by Gasteiger charge is 2.12. The third kappa shape index (κ3) is 5.81. The minimum atomic E-state index is -0.198. The van der Waals surface area contributed by atoms with Crippen LogP contribution >= 0.6 is 11.8 Å². The van der Waals surface area contributed by atoms with Crippen LogP contribution < -0.4 is 15.4 Å². The summed E-state index contributed by atoms with van der Waals surface area (Å²) >= 11 is 1.32. The highest BCUT2D eigenvalue weighted by Crippen LogP contribution is 2.22. The maximum Gasteiger partial charge on any atom is 0.255 e. The van der Waals surface area contributed by atoms with Crippen LogP contribution in [-0.4, -0.2) is 34.2 Å². The lowest BCUT2D eigenvalue weighted by molar-refractivity contribution is -0.113. The number of nitrogens with zero attached hydrogens (tertiary/aromatic N) is 2. The van der Waals surface area contributed by atoms with Crippen molar-refractivity contribution in [1.82, 2.24) is 9.55 Å². The highest BCUT2D eigenvalue weighted by atomic mass is 32.2. The van der Waals surface area contributed by atoms with E-state index in [1.165, 1.54) is 11.8 Å². The van der Waals surface area contributed by atoms with Crippen LogP contribution in [0.15, 0.2) is 96.4 Å². The number of nitrogens with one attached hydrogen (secondary N) is 2. The molecule has 0 aliphatic carbocycles. The molecule has 3 aromatic carbocycles. The van der Waals surface area contributed by atoms with Gasteiger partial charge in [0, 0.05) is 35.0 Å². The number of methoxy groups -OCH3 is 1. The summed E-state index contributed by atoms with van der Waals surface area (Å²) in [6.45, 7) is 0. The molecule has 0 atom stereocenters. The van der Waals surface area contributed by atoms with E-state index in [-0.39, 0.29) is 17.6 Å². The summed E-state index contributed by atoms with van der Waals surface area (Å²) in [7, 11) is 1.59. The van der Waals surface area contributed by atoms with Gasteiger partial charge in [-0.25, -0.2) is 4.98 Å². The van der Waals surface area contributed by atoms with Crippen LogP contribution in [0.25, 0.3) is 5.69 Å². The lowest BCUT2D eigenvalue weighted by Crippen LogP contribution is -2.14. The highest BCUT2D eigenvalue weighted by molar-refractivity contribution is 7.99. The third-order valence-electron chi connectivity index (χ3n) is 4.73. The van der Waals surface area contributed by atoms with Crippen LogP contribution in [0, 0.1) is 0 Å². The van der Waals surface area contributed by atoms with Crippen molar-refractivity contribution in [3.8, 4) is 11.4 Å². The molecule has 0 saturated heterocycles. The van der Waals surface area contributed by atoms with E-state index >= 15 is 0 Å². The standard InChI is InChI=1S/C25H22N4O3S/c1-32-22-12-10-20(11-13-22)27-23(30)17-33-25-26-14-15-29(25)21-9-5-6-18(16-21)24(31)28-19-7-3-2-4-8-19/h2-16H,17H2,1H3,(H,27,30)(H,28,31). The monoisotopic (exact) mass is 458 g/mol.